The van der Waals surface area contributed by atoms with Gasteiger partial charge in [0.05, 0.1) is 41.5 Å². The quantitative estimate of drug-likeness (QED) is 0.117. The lowest BCUT2D eigenvalue weighted by molar-refractivity contribution is -0.151. The van der Waals surface area contributed by atoms with E-state index in [1.54, 1.807) is 18.2 Å². The summed E-state index contributed by atoms with van der Waals surface area (Å²) in [5.41, 5.74) is 1.86. The van der Waals surface area contributed by atoms with E-state index in [0.717, 1.165) is 29.2 Å². The molecule has 0 bridgehead atoms. The minimum absolute atomic E-state index is 0.131. The van der Waals surface area contributed by atoms with Crippen LogP contribution in [-0.2, 0) is 16.1 Å². The van der Waals surface area contributed by atoms with E-state index in [1.165, 1.54) is 44.9 Å². The average molecular weight is 722 g/mol. The minimum atomic E-state index is -0.552. The highest BCUT2D eigenvalue weighted by atomic mass is 35.5. The summed E-state index contributed by atoms with van der Waals surface area (Å²) < 4.78 is 17.6. The topological polar surface area (TPSA) is 127 Å². The lowest BCUT2D eigenvalue weighted by atomic mass is 9.87. The summed E-state index contributed by atoms with van der Waals surface area (Å²) in [6.45, 7) is 0.786. The van der Waals surface area contributed by atoms with Crippen LogP contribution in [0.25, 0.3) is 10.8 Å². The Morgan fingerprint density at radius 1 is 0.827 bits per heavy atom. The van der Waals surface area contributed by atoms with Crippen LogP contribution in [0.3, 0.4) is 0 Å². The minimum Gasteiger partial charge on any atom is -0.496 e. The number of hydrogen-bond donors (Lipinski definition) is 2. The van der Waals surface area contributed by atoms with Crippen molar-refractivity contribution in [1.29, 1.82) is 5.26 Å². The van der Waals surface area contributed by atoms with E-state index < -0.39 is 5.91 Å². The Morgan fingerprint density at radius 3 is 2.33 bits per heavy atom. The molecule has 9 nitrogen and oxygen atoms in total. The van der Waals surface area contributed by atoms with E-state index in [-0.39, 0.29) is 58.8 Å². The summed E-state index contributed by atoms with van der Waals surface area (Å²) in [6, 6.07) is 23.9. The zero-order valence-corrected chi connectivity index (χ0v) is 30.2. The lowest BCUT2D eigenvalue weighted by Crippen LogP contribution is -2.30. The average Bonchev–Trinajstić information content (AvgIpc) is 3.45. The van der Waals surface area contributed by atoms with Gasteiger partial charge in [0, 0.05) is 17.6 Å². The first-order valence-corrected chi connectivity index (χ1v) is 18.5. The van der Waals surface area contributed by atoms with Gasteiger partial charge in [0.1, 0.15) is 24.2 Å². The number of halogens is 1. The smallest absolute Gasteiger partial charge is 0.309 e. The van der Waals surface area contributed by atoms with Gasteiger partial charge in [-0.15, -0.1) is 0 Å². The summed E-state index contributed by atoms with van der Waals surface area (Å²) in [5.74, 6) is -0.472. The number of nitriles is 1. The largest absolute Gasteiger partial charge is 0.496 e. The van der Waals surface area contributed by atoms with E-state index in [2.05, 4.69) is 16.7 Å². The molecule has 2 amide bonds. The van der Waals surface area contributed by atoms with Crippen LogP contribution in [0.2, 0.25) is 5.02 Å². The zero-order valence-electron chi connectivity index (χ0n) is 29.4. The van der Waals surface area contributed by atoms with Crippen LogP contribution in [0.5, 0.6) is 11.5 Å². The Labute approximate surface area is 309 Å². The van der Waals surface area contributed by atoms with Gasteiger partial charge < -0.3 is 24.8 Å². The number of benzene rings is 4. The first kappa shape index (κ1) is 36.7. The molecule has 0 atom stereocenters. The van der Waals surface area contributed by atoms with Gasteiger partial charge in [-0.1, -0.05) is 79.7 Å². The Morgan fingerprint density at radius 2 is 1.58 bits per heavy atom. The number of rotatable bonds is 11. The molecular weight excluding hydrogens is 678 g/mol. The molecule has 2 fully saturated rings. The standard InChI is InChI=1S/C42H44ClN3O6/c1-50-39-21-31(24-44)38(52-33-18-15-29(16-19-33)42(49)51-26-30-13-8-12-28-11-6-7-14-34(28)30)23-36(39)41(48)46-37-22-32(43)17-20-35(37)40(47)45-25-27-9-4-2-3-5-10-27/h6-8,11-14,17,20-23,27,29,33H,2-5,9-10,15-16,18-19,25-26H2,1H3,(H,45,47)(H,46,48). The maximum absolute atomic E-state index is 13.8. The van der Waals surface area contributed by atoms with Crippen LogP contribution >= 0.6 is 11.6 Å². The van der Waals surface area contributed by atoms with Gasteiger partial charge in [-0.3, -0.25) is 14.4 Å². The van der Waals surface area contributed by atoms with Crippen molar-refractivity contribution in [2.45, 2.75) is 76.9 Å². The van der Waals surface area contributed by atoms with Gasteiger partial charge in [0.15, 0.2) is 0 Å². The van der Waals surface area contributed by atoms with E-state index in [4.69, 9.17) is 25.8 Å². The van der Waals surface area contributed by atoms with Crippen molar-refractivity contribution >= 4 is 45.8 Å². The Bertz CT molecular complexity index is 1950. The molecule has 2 aliphatic rings. The highest BCUT2D eigenvalue weighted by molar-refractivity contribution is 6.31. The van der Waals surface area contributed by atoms with Crippen molar-refractivity contribution in [2.75, 3.05) is 19.0 Å². The van der Waals surface area contributed by atoms with Crippen molar-refractivity contribution in [2.24, 2.45) is 11.8 Å². The molecule has 2 N–H and O–H groups in total. The molecule has 4 aromatic rings. The van der Waals surface area contributed by atoms with E-state index in [1.807, 2.05) is 42.5 Å². The number of hydrogen-bond acceptors (Lipinski definition) is 7. The predicted octanol–water partition coefficient (Wildman–Crippen LogP) is 9.01. The maximum Gasteiger partial charge on any atom is 0.309 e. The Balaban J connectivity index is 1.09. The molecule has 4 aromatic carbocycles. The monoisotopic (exact) mass is 721 g/mol. The van der Waals surface area contributed by atoms with Crippen LogP contribution in [0.4, 0.5) is 5.69 Å². The molecular formula is C42H44ClN3O6. The van der Waals surface area contributed by atoms with Gasteiger partial charge in [-0.25, -0.2) is 0 Å². The molecule has 10 heteroatoms. The molecule has 0 radical (unpaired) electrons. The highest BCUT2D eigenvalue weighted by Gasteiger charge is 2.30. The molecule has 270 valence electrons. The molecule has 52 heavy (non-hydrogen) atoms. The van der Waals surface area contributed by atoms with Gasteiger partial charge >= 0.3 is 5.97 Å². The number of nitrogens with zero attached hydrogens (tertiary/aromatic N) is 1. The van der Waals surface area contributed by atoms with Crippen LogP contribution < -0.4 is 20.1 Å². The Kier molecular flexibility index (Phi) is 12.3. The van der Waals surface area contributed by atoms with Gasteiger partial charge in [0.25, 0.3) is 11.8 Å². The number of methoxy groups -OCH3 is 1. The molecule has 0 unspecified atom stereocenters. The first-order valence-electron chi connectivity index (χ1n) is 18.1. The summed E-state index contributed by atoms with van der Waals surface area (Å²) in [6.07, 6.45) is 9.02. The number of fused-ring (bicyclic) bond motifs is 1. The summed E-state index contributed by atoms with van der Waals surface area (Å²) >= 11 is 6.30. The third-order valence-corrected chi connectivity index (χ3v) is 10.5. The number of esters is 1. The molecule has 6 rings (SSSR count). The first-order chi connectivity index (χ1) is 25.3. The van der Waals surface area contributed by atoms with Crippen molar-refractivity contribution in [3.63, 3.8) is 0 Å². The Hall–Kier alpha value is -5.07. The summed E-state index contributed by atoms with van der Waals surface area (Å²) in [5, 5.41) is 18.4. The summed E-state index contributed by atoms with van der Waals surface area (Å²) in [7, 11) is 1.42. The van der Waals surface area contributed by atoms with Crippen molar-refractivity contribution in [3.8, 4) is 17.6 Å². The number of anilines is 1. The molecule has 0 aromatic heterocycles. The number of amides is 2. The number of nitrogens with one attached hydrogen (secondary N) is 2. The second kappa shape index (κ2) is 17.4. The van der Waals surface area contributed by atoms with Gasteiger partial charge in [-0.2, -0.15) is 5.26 Å². The van der Waals surface area contributed by atoms with Gasteiger partial charge in [0.2, 0.25) is 0 Å². The number of carbonyl (C=O) groups excluding carboxylic acids is 3. The van der Waals surface area contributed by atoms with Crippen molar-refractivity contribution in [1.82, 2.24) is 5.32 Å². The van der Waals surface area contributed by atoms with E-state index >= 15 is 0 Å². The zero-order chi connectivity index (χ0) is 36.5. The maximum atomic E-state index is 13.8. The fourth-order valence-corrected chi connectivity index (χ4v) is 7.45. The van der Waals surface area contributed by atoms with Crippen LogP contribution in [0.15, 0.2) is 72.8 Å². The number of ether oxygens (including phenoxy) is 3. The molecule has 0 spiro atoms. The number of carbonyl (C=O) groups is 3. The SMILES string of the molecule is COc1cc(C#N)c(OC2CCC(C(=O)OCc3cccc4ccccc34)CC2)cc1C(=O)Nc1cc(Cl)ccc1C(=O)NCC1CCCCCC1. The lowest BCUT2D eigenvalue weighted by Gasteiger charge is -2.28. The van der Waals surface area contributed by atoms with Gasteiger partial charge in [-0.05, 0) is 85.0 Å². The second-order valence-electron chi connectivity index (χ2n) is 13.7. The molecule has 0 heterocycles. The summed E-state index contributed by atoms with van der Waals surface area (Å²) in [4.78, 5) is 40.1. The second-order valence-corrected chi connectivity index (χ2v) is 14.1. The normalized spacial score (nSPS) is 17.7. The fourth-order valence-electron chi connectivity index (χ4n) is 7.28. The van der Waals surface area contributed by atoms with E-state index in [9.17, 15) is 19.6 Å². The van der Waals surface area contributed by atoms with Crippen LogP contribution in [0.1, 0.15) is 96.1 Å². The third-order valence-electron chi connectivity index (χ3n) is 10.2. The molecule has 2 saturated carbocycles. The molecule has 0 aliphatic heterocycles. The highest BCUT2D eigenvalue weighted by Crippen LogP contribution is 2.34. The molecule has 2 aliphatic carbocycles. The van der Waals surface area contributed by atoms with Crippen molar-refractivity contribution < 1.29 is 28.6 Å². The predicted molar refractivity (Wildman–Crippen MR) is 201 cm³/mol. The van der Waals surface area contributed by atoms with E-state index in [0.29, 0.717) is 48.7 Å². The molecule has 0 saturated heterocycles. The van der Waals surface area contributed by atoms with Crippen LogP contribution in [-0.4, -0.2) is 37.5 Å². The van der Waals surface area contributed by atoms with Crippen molar-refractivity contribution in [3.05, 3.63) is 100 Å². The third kappa shape index (κ3) is 9.04. The fraction of sp³-hybridized carbons (Fsp3) is 0.381. The van der Waals surface area contributed by atoms with Crippen LogP contribution in [0, 0.1) is 23.2 Å².